The molecular weight excluding hydrogens is 525 g/mol. The van der Waals surface area contributed by atoms with Gasteiger partial charge in [0, 0.05) is 10.6 Å². The molecule has 0 saturated heterocycles. The van der Waals surface area contributed by atoms with Gasteiger partial charge >= 0.3 is 24.8 Å². The first-order valence-corrected chi connectivity index (χ1v) is 14.7. The predicted octanol–water partition coefficient (Wildman–Crippen LogP) is 4.70. The molecule has 1 amide bonds. The molecule has 3 aromatic carbocycles. The van der Waals surface area contributed by atoms with Gasteiger partial charge in [-0.1, -0.05) is 73.8 Å². The molecule has 0 saturated carbocycles. The van der Waals surface area contributed by atoms with Crippen LogP contribution >= 0.6 is 23.4 Å². The molecule has 39 heavy (non-hydrogen) atoms. The molecule has 0 heterocycles. The molecule has 0 aliphatic carbocycles. The van der Waals surface area contributed by atoms with Gasteiger partial charge in [-0.2, -0.15) is 11.8 Å². The van der Waals surface area contributed by atoms with Crippen LogP contribution in [0, 0.1) is 6.92 Å². The van der Waals surface area contributed by atoms with Gasteiger partial charge in [-0.05, 0) is 83.9 Å². The first-order chi connectivity index (χ1) is 18.3. The number of ether oxygens (including phenoxy) is 1. The minimum Gasteiger partial charge on any atom is -0.480 e. The van der Waals surface area contributed by atoms with Crippen molar-refractivity contribution in [2.24, 2.45) is 0 Å². The molecule has 0 aliphatic heterocycles. The fourth-order valence-electron chi connectivity index (χ4n) is 4.35. The van der Waals surface area contributed by atoms with Crippen molar-refractivity contribution in [2.75, 3.05) is 12.0 Å². The summed E-state index contributed by atoms with van der Waals surface area (Å²) in [5.74, 6) is -0.790. The Morgan fingerprint density at radius 3 is 2.46 bits per heavy atom. The number of halogens is 1. The van der Waals surface area contributed by atoms with Crippen LogP contribution in [0.15, 0.2) is 66.7 Å². The van der Waals surface area contributed by atoms with E-state index < -0.39 is 17.9 Å². The van der Waals surface area contributed by atoms with Gasteiger partial charge in [0.2, 0.25) is 0 Å². The van der Waals surface area contributed by atoms with Crippen LogP contribution in [-0.4, -0.2) is 35.0 Å². The molecular formula is C31H36ClLiNO4S+. The zero-order valence-corrected chi connectivity index (χ0v) is 24.8. The number of carboxylic acid groups (broad SMARTS) is 1. The summed E-state index contributed by atoms with van der Waals surface area (Å²) in [5, 5.41) is 13.0. The second-order valence-electron chi connectivity index (χ2n) is 9.34. The minimum absolute atomic E-state index is 0. The summed E-state index contributed by atoms with van der Waals surface area (Å²) in [7, 11) is 0. The molecule has 0 radical (unpaired) electrons. The van der Waals surface area contributed by atoms with E-state index in [1.807, 2.05) is 73.8 Å². The van der Waals surface area contributed by atoms with Gasteiger partial charge < -0.3 is 15.2 Å². The number of thioether (sulfide) groups is 1. The standard InChI is InChI=1S/C31H36ClNO4S.Li/c1-4-5-13-29(23-10-8-11-24(32)19-23)37-20-22-14-15-26(27(18-22)25-12-7-6-9-21(25)2)30(34)33-28(31(35)36)16-17-38-3;/h6-12,14-15,18-19,28-29H,4-5,13,16-17,20H2,1-3H3,(H,33,34)(H,35,36);/q;+1. The minimum atomic E-state index is -1.03. The van der Waals surface area contributed by atoms with Crippen LogP contribution in [-0.2, 0) is 16.1 Å². The zero-order chi connectivity index (χ0) is 27.5. The summed E-state index contributed by atoms with van der Waals surface area (Å²) < 4.78 is 6.39. The smallest absolute Gasteiger partial charge is 0.480 e. The topological polar surface area (TPSA) is 75.6 Å². The average Bonchev–Trinajstić information content (AvgIpc) is 2.91. The average molecular weight is 561 g/mol. The molecule has 202 valence electrons. The number of aliphatic carboxylic acids is 1. The van der Waals surface area contributed by atoms with Crippen molar-refractivity contribution in [3.05, 3.63) is 94.0 Å². The number of carboxylic acids is 1. The predicted molar refractivity (Wildman–Crippen MR) is 157 cm³/mol. The third-order valence-corrected chi connectivity index (χ3v) is 7.35. The first-order valence-electron chi connectivity index (χ1n) is 12.9. The van der Waals surface area contributed by atoms with Crippen molar-refractivity contribution >= 4 is 35.2 Å². The van der Waals surface area contributed by atoms with Crippen molar-refractivity contribution in [2.45, 2.75) is 58.3 Å². The molecule has 3 rings (SSSR count). The summed E-state index contributed by atoms with van der Waals surface area (Å²) in [6.45, 7) is 4.52. The molecule has 2 N–H and O–H groups in total. The number of hydrogen-bond acceptors (Lipinski definition) is 4. The molecule has 2 unspecified atom stereocenters. The summed E-state index contributed by atoms with van der Waals surface area (Å²) >= 11 is 7.79. The van der Waals surface area contributed by atoms with Crippen molar-refractivity contribution < 1.29 is 38.3 Å². The van der Waals surface area contributed by atoms with E-state index in [0.717, 1.165) is 47.1 Å². The van der Waals surface area contributed by atoms with Crippen LogP contribution in [0.3, 0.4) is 0 Å². The van der Waals surface area contributed by atoms with E-state index in [4.69, 9.17) is 16.3 Å². The molecule has 8 heteroatoms. The van der Waals surface area contributed by atoms with Crippen LogP contribution in [0.5, 0.6) is 0 Å². The summed E-state index contributed by atoms with van der Waals surface area (Å²) in [6.07, 6.45) is 5.16. The second-order valence-corrected chi connectivity index (χ2v) is 10.8. The van der Waals surface area contributed by atoms with Crippen molar-refractivity contribution in [3.8, 4) is 11.1 Å². The Hall–Kier alpha value is -2.20. The number of carbonyl (C=O) groups excluding carboxylic acids is 1. The van der Waals surface area contributed by atoms with E-state index in [1.54, 1.807) is 17.8 Å². The Morgan fingerprint density at radius 1 is 1.03 bits per heavy atom. The maximum Gasteiger partial charge on any atom is 1.00 e. The quantitative estimate of drug-likeness (QED) is 0.280. The van der Waals surface area contributed by atoms with E-state index in [2.05, 4.69) is 12.2 Å². The Labute approximate surface area is 253 Å². The van der Waals surface area contributed by atoms with E-state index in [-0.39, 0.29) is 25.0 Å². The molecule has 5 nitrogen and oxygen atoms in total. The first kappa shape index (κ1) is 33.0. The number of benzene rings is 3. The third-order valence-electron chi connectivity index (χ3n) is 6.47. The molecule has 2 atom stereocenters. The van der Waals surface area contributed by atoms with Crippen LogP contribution < -0.4 is 24.2 Å². The molecule has 0 spiro atoms. The summed E-state index contributed by atoms with van der Waals surface area (Å²) in [6, 6.07) is 20.3. The van der Waals surface area contributed by atoms with Crippen LogP contribution in [0.25, 0.3) is 11.1 Å². The monoisotopic (exact) mass is 560 g/mol. The molecule has 0 bridgehead atoms. The number of rotatable bonds is 14. The van der Waals surface area contributed by atoms with Crippen molar-refractivity contribution in [3.63, 3.8) is 0 Å². The SMILES string of the molecule is CCCCC(OCc1ccc(C(=O)NC(CCSC)C(=O)O)c(-c2ccccc2C)c1)c1cccc(Cl)c1.[Li+]. The number of nitrogens with one attached hydrogen (secondary N) is 1. The Bertz CT molecular complexity index is 1240. The summed E-state index contributed by atoms with van der Waals surface area (Å²) in [5.41, 5.74) is 5.12. The van der Waals surface area contributed by atoms with Gasteiger partial charge in [0.25, 0.3) is 5.91 Å². The maximum absolute atomic E-state index is 13.3. The number of unbranched alkanes of at least 4 members (excludes halogenated alkanes) is 1. The van der Waals surface area contributed by atoms with Crippen LogP contribution in [0.2, 0.25) is 5.02 Å². The number of amides is 1. The van der Waals surface area contributed by atoms with Crippen LogP contribution in [0.4, 0.5) is 0 Å². The number of carbonyl (C=O) groups is 2. The van der Waals surface area contributed by atoms with E-state index in [0.29, 0.717) is 29.4 Å². The fourth-order valence-corrected chi connectivity index (χ4v) is 5.02. The van der Waals surface area contributed by atoms with Crippen LogP contribution in [0.1, 0.15) is 65.8 Å². The Kier molecular flexibility index (Phi) is 14.2. The van der Waals surface area contributed by atoms with Gasteiger partial charge in [0.15, 0.2) is 0 Å². The number of aryl methyl sites for hydroxylation is 1. The fraction of sp³-hybridized carbons (Fsp3) is 0.355. The zero-order valence-electron chi connectivity index (χ0n) is 23.2. The van der Waals surface area contributed by atoms with Gasteiger partial charge in [-0.3, -0.25) is 4.79 Å². The van der Waals surface area contributed by atoms with Crippen molar-refractivity contribution in [1.29, 1.82) is 0 Å². The van der Waals surface area contributed by atoms with E-state index >= 15 is 0 Å². The molecule has 0 fully saturated rings. The molecule has 3 aromatic rings. The largest absolute Gasteiger partial charge is 1.00 e. The second kappa shape index (κ2) is 16.8. The normalized spacial score (nSPS) is 12.3. The Morgan fingerprint density at radius 2 is 1.79 bits per heavy atom. The molecule has 0 aliphatic rings. The maximum atomic E-state index is 13.3. The number of hydrogen-bond donors (Lipinski definition) is 2. The van der Waals surface area contributed by atoms with E-state index in [1.165, 1.54) is 0 Å². The van der Waals surface area contributed by atoms with E-state index in [9.17, 15) is 14.7 Å². The van der Waals surface area contributed by atoms with Gasteiger partial charge in [0.05, 0.1) is 12.7 Å². The van der Waals surface area contributed by atoms with Gasteiger partial charge in [0.1, 0.15) is 6.04 Å². The third kappa shape index (κ3) is 9.74. The van der Waals surface area contributed by atoms with Gasteiger partial charge in [-0.25, -0.2) is 4.79 Å². The Balaban J connectivity index is 0.00000533. The molecule has 0 aromatic heterocycles. The van der Waals surface area contributed by atoms with Gasteiger partial charge in [-0.15, -0.1) is 0 Å². The summed E-state index contributed by atoms with van der Waals surface area (Å²) in [4.78, 5) is 25.1. The van der Waals surface area contributed by atoms with Crippen molar-refractivity contribution in [1.82, 2.24) is 5.32 Å².